The van der Waals surface area contributed by atoms with Crippen LogP contribution in [0.3, 0.4) is 0 Å². The van der Waals surface area contributed by atoms with Crippen molar-refractivity contribution in [3.63, 3.8) is 0 Å². The zero-order valence-electron chi connectivity index (χ0n) is 21.6. The number of carbonyl (C=O) groups is 4. The van der Waals surface area contributed by atoms with Gasteiger partial charge in [0, 0.05) is 19.8 Å². The first kappa shape index (κ1) is 27.9. The largest absolute Gasteiger partial charge is 0.446 e. The Labute approximate surface area is 215 Å². The Morgan fingerprint density at radius 1 is 1.22 bits per heavy atom. The van der Waals surface area contributed by atoms with E-state index in [0.717, 1.165) is 0 Å². The average Bonchev–Trinajstić information content (AvgIpc) is 3.49. The van der Waals surface area contributed by atoms with Crippen LogP contribution in [0.5, 0.6) is 0 Å². The van der Waals surface area contributed by atoms with Crippen LogP contribution >= 0.6 is 0 Å². The van der Waals surface area contributed by atoms with Crippen LogP contribution in [0.15, 0.2) is 29.0 Å². The molecule has 0 spiro atoms. The number of carbonyl (C=O) groups excluding carboxylic acids is 4. The van der Waals surface area contributed by atoms with E-state index in [4.69, 9.17) is 4.42 Å². The highest BCUT2D eigenvalue weighted by atomic mass is 16.3. The summed E-state index contributed by atoms with van der Waals surface area (Å²) in [5.74, 6) is -1.80. The van der Waals surface area contributed by atoms with Gasteiger partial charge in [0.15, 0.2) is 5.69 Å². The summed E-state index contributed by atoms with van der Waals surface area (Å²) in [7, 11) is 1.72. The molecule has 0 aliphatic carbocycles. The number of nitrogens with zero attached hydrogens (tertiary/aromatic N) is 2. The summed E-state index contributed by atoms with van der Waals surface area (Å²) >= 11 is 0. The summed E-state index contributed by atoms with van der Waals surface area (Å²) in [5.41, 5.74) is 0.469. The molecular weight excluding hydrogens is 480 g/mol. The van der Waals surface area contributed by atoms with E-state index in [2.05, 4.69) is 26.3 Å². The molecular formula is C25H36N6O6. The summed E-state index contributed by atoms with van der Waals surface area (Å²) in [5, 5.41) is 21.2. The first-order chi connectivity index (χ1) is 17.6. The topological polar surface area (TPSA) is 168 Å². The lowest BCUT2D eigenvalue weighted by molar-refractivity contribution is -0.133. The highest BCUT2D eigenvalue weighted by Crippen LogP contribution is 2.21. The number of aryl methyl sites for hydroxylation is 1. The number of nitrogens with one attached hydrogen (secondary N) is 4. The van der Waals surface area contributed by atoms with Crippen LogP contribution < -0.4 is 21.3 Å². The van der Waals surface area contributed by atoms with E-state index in [9.17, 15) is 24.3 Å². The minimum Gasteiger partial charge on any atom is -0.446 e. The number of aliphatic hydroxyl groups is 1. The Morgan fingerprint density at radius 3 is 2.62 bits per heavy atom. The first-order valence-electron chi connectivity index (χ1n) is 12.5. The molecule has 0 saturated carbocycles. The van der Waals surface area contributed by atoms with Crippen molar-refractivity contribution in [3.05, 3.63) is 41.9 Å². The van der Waals surface area contributed by atoms with Gasteiger partial charge in [0.05, 0.1) is 6.10 Å². The van der Waals surface area contributed by atoms with Gasteiger partial charge in [-0.3, -0.25) is 19.2 Å². The molecule has 1 aliphatic heterocycles. The third kappa shape index (κ3) is 7.42. The van der Waals surface area contributed by atoms with Gasteiger partial charge >= 0.3 is 0 Å². The summed E-state index contributed by atoms with van der Waals surface area (Å²) in [6, 6.07) is 0.412. The van der Waals surface area contributed by atoms with Crippen LogP contribution in [0.1, 0.15) is 79.4 Å². The Morgan fingerprint density at radius 2 is 1.97 bits per heavy atom. The molecule has 3 heterocycles. The Bertz CT molecular complexity index is 1110. The van der Waals surface area contributed by atoms with Crippen molar-refractivity contribution in [2.45, 2.75) is 70.7 Å². The SMILES string of the molecule is CC(C)C[C@@H]1NC(=O)[C@H]([C@@H](C)O)NC(=O)[C@@H](NC(=O)c2cccn2C)CCCCNC(=O)c2coc1n2. The highest BCUT2D eigenvalue weighted by molar-refractivity contribution is 5.97. The van der Waals surface area contributed by atoms with Gasteiger partial charge in [-0.2, -0.15) is 0 Å². The van der Waals surface area contributed by atoms with Gasteiger partial charge in [0.1, 0.15) is 30.1 Å². The number of oxazole rings is 1. The van der Waals surface area contributed by atoms with Crippen molar-refractivity contribution in [2.24, 2.45) is 13.0 Å². The number of hydrogen-bond donors (Lipinski definition) is 5. The number of fused-ring (bicyclic) bond motifs is 2. The Kier molecular flexibility index (Phi) is 9.45. The normalized spacial score (nSPS) is 22.6. The molecule has 37 heavy (non-hydrogen) atoms. The van der Waals surface area contributed by atoms with Gasteiger partial charge in [-0.05, 0) is 50.7 Å². The second-order valence-corrected chi connectivity index (χ2v) is 9.77. The monoisotopic (exact) mass is 516 g/mol. The molecule has 1 aliphatic rings. The maximum Gasteiger partial charge on any atom is 0.273 e. The van der Waals surface area contributed by atoms with E-state index in [0.29, 0.717) is 31.5 Å². The number of hydrogen-bond acceptors (Lipinski definition) is 7. The van der Waals surface area contributed by atoms with Gasteiger partial charge < -0.3 is 35.4 Å². The molecule has 4 atom stereocenters. The standard InChI is InChI=1S/C25H36N6O6/c1-14(2)12-17-25-29-18(13-37-25)21(33)26-10-6-5-8-16(27-23(35)19-9-7-11-31(19)4)22(34)30-20(15(3)32)24(36)28-17/h7,9,11,13-17,20,32H,5-6,8,10,12H2,1-4H3,(H,26,33)(H,27,35)(H,28,36)(H,30,34)/t15-,16+,17+,20+/m1/s1. The van der Waals surface area contributed by atoms with Crippen molar-refractivity contribution < 1.29 is 28.7 Å². The highest BCUT2D eigenvalue weighted by Gasteiger charge is 2.33. The number of aromatic nitrogens is 2. The van der Waals surface area contributed by atoms with Crippen LogP contribution in [0.4, 0.5) is 0 Å². The number of aliphatic hydroxyl groups excluding tert-OH is 1. The predicted molar refractivity (Wildman–Crippen MR) is 133 cm³/mol. The van der Waals surface area contributed by atoms with E-state index in [1.165, 1.54) is 13.2 Å². The van der Waals surface area contributed by atoms with E-state index in [1.54, 1.807) is 29.9 Å². The molecule has 0 unspecified atom stereocenters. The van der Waals surface area contributed by atoms with Gasteiger partial charge in [-0.15, -0.1) is 0 Å². The lowest BCUT2D eigenvalue weighted by Gasteiger charge is -2.27. The molecule has 12 heteroatoms. The molecule has 0 radical (unpaired) electrons. The maximum atomic E-state index is 13.2. The second kappa shape index (κ2) is 12.5. The summed E-state index contributed by atoms with van der Waals surface area (Å²) in [6.07, 6.45) is 3.48. The van der Waals surface area contributed by atoms with Crippen LogP contribution in [-0.2, 0) is 16.6 Å². The van der Waals surface area contributed by atoms with E-state index in [-0.39, 0.29) is 23.9 Å². The first-order valence-corrected chi connectivity index (χ1v) is 12.5. The molecule has 2 bridgehead atoms. The summed E-state index contributed by atoms with van der Waals surface area (Å²) in [6.45, 7) is 5.64. The molecule has 0 fully saturated rings. The molecule has 4 amide bonds. The fourth-order valence-electron chi connectivity index (χ4n) is 4.13. The quantitative estimate of drug-likeness (QED) is 0.392. The average molecular weight is 517 g/mol. The third-order valence-electron chi connectivity index (χ3n) is 6.14. The van der Waals surface area contributed by atoms with Crippen molar-refractivity contribution in [2.75, 3.05) is 6.54 Å². The van der Waals surface area contributed by atoms with Gasteiger partial charge in [0.2, 0.25) is 17.7 Å². The molecule has 0 aromatic carbocycles. The minimum absolute atomic E-state index is 0.0955. The fourth-order valence-corrected chi connectivity index (χ4v) is 4.13. The zero-order valence-corrected chi connectivity index (χ0v) is 21.6. The fraction of sp³-hybridized carbons (Fsp3) is 0.560. The van der Waals surface area contributed by atoms with Crippen LogP contribution in [-0.4, -0.2) is 63.0 Å². The Hall–Kier alpha value is -3.67. The molecule has 0 saturated heterocycles. The lowest BCUT2D eigenvalue weighted by atomic mass is 10.0. The van der Waals surface area contributed by atoms with Crippen molar-refractivity contribution in [1.82, 2.24) is 30.8 Å². The van der Waals surface area contributed by atoms with Crippen molar-refractivity contribution >= 4 is 23.6 Å². The zero-order chi connectivity index (χ0) is 27.1. The van der Waals surface area contributed by atoms with Crippen molar-refractivity contribution in [1.29, 1.82) is 0 Å². The minimum atomic E-state index is -1.29. The summed E-state index contributed by atoms with van der Waals surface area (Å²) < 4.78 is 7.14. The maximum absolute atomic E-state index is 13.2. The number of rotatable bonds is 5. The number of amides is 4. The van der Waals surface area contributed by atoms with Gasteiger partial charge in [-0.25, -0.2) is 4.98 Å². The predicted octanol–water partition coefficient (Wildman–Crippen LogP) is 0.794. The molecule has 12 nitrogen and oxygen atoms in total. The molecule has 2 aromatic heterocycles. The van der Waals surface area contributed by atoms with Crippen molar-refractivity contribution in [3.8, 4) is 0 Å². The van der Waals surface area contributed by atoms with Crippen LogP contribution in [0, 0.1) is 5.92 Å². The second-order valence-electron chi connectivity index (χ2n) is 9.77. The van der Waals surface area contributed by atoms with E-state index in [1.807, 2.05) is 13.8 Å². The van der Waals surface area contributed by atoms with Gasteiger partial charge in [0.25, 0.3) is 11.8 Å². The summed E-state index contributed by atoms with van der Waals surface area (Å²) in [4.78, 5) is 56.0. The molecule has 3 rings (SSSR count). The van der Waals surface area contributed by atoms with E-state index < -0.39 is 47.9 Å². The molecule has 2 aromatic rings. The molecule has 202 valence electrons. The van der Waals surface area contributed by atoms with Crippen LogP contribution in [0.25, 0.3) is 0 Å². The van der Waals surface area contributed by atoms with E-state index >= 15 is 0 Å². The smallest absolute Gasteiger partial charge is 0.273 e. The van der Waals surface area contributed by atoms with Crippen LogP contribution in [0.2, 0.25) is 0 Å². The molecule has 5 N–H and O–H groups in total. The third-order valence-corrected chi connectivity index (χ3v) is 6.14. The van der Waals surface area contributed by atoms with Gasteiger partial charge in [-0.1, -0.05) is 13.8 Å². The Balaban J connectivity index is 1.87. The lowest BCUT2D eigenvalue weighted by Crippen LogP contribution is -2.57.